The molecule has 100 valence electrons. The first-order valence-electron chi connectivity index (χ1n) is 6.12. The fourth-order valence-electron chi connectivity index (χ4n) is 1.97. The summed E-state index contributed by atoms with van der Waals surface area (Å²) in [5.41, 5.74) is 2.41. The molecule has 0 aliphatic rings. The number of ether oxygens (including phenoxy) is 1. The monoisotopic (exact) mass is 259 g/mol. The molecule has 0 bridgehead atoms. The lowest BCUT2D eigenvalue weighted by atomic mass is 10.1. The van der Waals surface area contributed by atoms with Gasteiger partial charge in [-0.1, -0.05) is 6.92 Å². The Hall–Kier alpha value is -2.01. The Labute approximate surface area is 112 Å². The Morgan fingerprint density at radius 1 is 1.53 bits per heavy atom. The Morgan fingerprint density at radius 2 is 2.32 bits per heavy atom. The molecule has 2 aromatic rings. The molecule has 0 N–H and O–H groups in total. The van der Waals surface area contributed by atoms with Gasteiger partial charge in [0, 0.05) is 25.4 Å². The summed E-state index contributed by atoms with van der Waals surface area (Å²) in [6.45, 7) is 4.50. The molecule has 0 saturated carbocycles. The van der Waals surface area contributed by atoms with Gasteiger partial charge in [0.15, 0.2) is 12.1 Å². The molecule has 1 atom stereocenters. The first-order valence-corrected chi connectivity index (χ1v) is 6.12. The maximum absolute atomic E-state index is 11.1. The number of methoxy groups -OCH3 is 1. The Kier molecular flexibility index (Phi) is 4.06. The van der Waals surface area contributed by atoms with Crippen LogP contribution in [0, 0.1) is 6.92 Å². The number of hydrogen-bond donors (Lipinski definition) is 0. The van der Waals surface area contributed by atoms with E-state index < -0.39 is 0 Å². The number of aryl methyl sites for hydroxylation is 1. The van der Waals surface area contributed by atoms with Gasteiger partial charge in [-0.2, -0.15) is 5.10 Å². The van der Waals surface area contributed by atoms with Crippen molar-refractivity contribution >= 4 is 6.29 Å². The van der Waals surface area contributed by atoms with E-state index in [1.165, 1.54) is 0 Å². The predicted octanol–water partition coefficient (Wildman–Crippen LogP) is 2.14. The molecular weight excluding hydrogens is 242 g/mol. The Balaban J connectivity index is 2.41. The van der Waals surface area contributed by atoms with Crippen LogP contribution in [0.4, 0.5) is 0 Å². The molecule has 0 aliphatic heterocycles. The molecular formula is C14H17N3O2. The van der Waals surface area contributed by atoms with E-state index in [1.807, 2.05) is 26.0 Å². The molecule has 0 amide bonds. The minimum Gasteiger partial charge on any atom is -0.384 e. The first-order chi connectivity index (χ1) is 9.15. The highest BCUT2D eigenvalue weighted by molar-refractivity contribution is 5.76. The fraction of sp³-hybridized carbons (Fsp3) is 0.357. The molecule has 5 heteroatoms. The third-order valence-electron chi connectivity index (χ3n) is 2.92. The van der Waals surface area contributed by atoms with E-state index >= 15 is 0 Å². The molecule has 0 aromatic carbocycles. The van der Waals surface area contributed by atoms with Crippen LogP contribution >= 0.6 is 0 Å². The summed E-state index contributed by atoms with van der Waals surface area (Å²) in [6, 6.07) is 3.84. The van der Waals surface area contributed by atoms with E-state index in [0.29, 0.717) is 18.0 Å². The molecule has 19 heavy (non-hydrogen) atoms. The van der Waals surface area contributed by atoms with E-state index in [0.717, 1.165) is 17.5 Å². The SMILES string of the molecule is COCC(C)c1nn(-c2cc(C)ccn2)cc1C=O. The quantitative estimate of drug-likeness (QED) is 0.772. The van der Waals surface area contributed by atoms with Crippen LogP contribution in [-0.2, 0) is 4.74 Å². The summed E-state index contributed by atoms with van der Waals surface area (Å²) in [7, 11) is 1.64. The zero-order valence-electron chi connectivity index (χ0n) is 11.3. The van der Waals surface area contributed by atoms with E-state index in [9.17, 15) is 4.79 Å². The third kappa shape index (κ3) is 2.88. The third-order valence-corrected chi connectivity index (χ3v) is 2.92. The zero-order valence-corrected chi connectivity index (χ0v) is 11.3. The van der Waals surface area contributed by atoms with Gasteiger partial charge in [-0.15, -0.1) is 0 Å². The maximum Gasteiger partial charge on any atom is 0.153 e. The zero-order chi connectivity index (χ0) is 13.8. The number of rotatable bonds is 5. The highest BCUT2D eigenvalue weighted by atomic mass is 16.5. The van der Waals surface area contributed by atoms with E-state index in [4.69, 9.17) is 4.74 Å². The van der Waals surface area contributed by atoms with E-state index in [-0.39, 0.29) is 5.92 Å². The van der Waals surface area contributed by atoms with Gasteiger partial charge < -0.3 is 4.74 Å². The molecule has 2 aromatic heterocycles. The van der Waals surface area contributed by atoms with Crippen LogP contribution in [0.25, 0.3) is 5.82 Å². The van der Waals surface area contributed by atoms with Crippen molar-refractivity contribution in [3.05, 3.63) is 41.3 Å². The fourth-order valence-corrected chi connectivity index (χ4v) is 1.97. The number of aldehydes is 1. The van der Waals surface area contributed by atoms with Gasteiger partial charge in [-0.3, -0.25) is 4.79 Å². The van der Waals surface area contributed by atoms with Crippen LogP contribution in [0.2, 0.25) is 0 Å². The van der Waals surface area contributed by atoms with Crippen molar-refractivity contribution in [1.29, 1.82) is 0 Å². The topological polar surface area (TPSA) is 57.0 Å². The molecule has 0 spiro atoms. The van der Waals surface area contributed by atoms with Crippen LogP contribution in [-0.4, -0.2) is 34.8 Å². The smallest absolute Gasteiger partial charge is 0.153 e. The normalized spacial score (nSPS) is 12.4. The highest BCUT2D eigenvalue weighted by Gasteiger charge is 2.16. The number of pyridine rings is 1. The molecule has 2 rings (SSSR count). The Morgan fingerprint density at radius 3 is 2.95 bits per heavy atom. The average Bonchev–Trinajstić information content (AvgIpc) is 2.83. The van der Waals surface area contributed by atoms with Gasteiger partial charge in [0.05, 0.1) is 17.9 Å². The lowest BCUT2D eigenvalue weighted by Gasteiger charge is -2.07. The second-order valence-electron chi connectivity index (χ2n) is 4.58. The average molecular weight is 259 g/mol. The van der Waals surface area contributed by atoms with Crippen molar-refractivity contribution in [3.63, 3.8) is 0 Å². The maximum atomic E-state index is 11.1. The number of nitrogens with zero attached hydrogens (tertiary/aromatic N) is 3. The lowest BCUT2D eigenvalue weighted by molar-refractivity contribution is 0.112. The van der Waals surface area contributed by atoms with Crippen molar-refractivity contribution in [2.45, 2.75) is 19.8 Å². The molecule has 2 heterocycles. The predicted molar refractivity (Wildman–Crippen MR) is 71.8 cm³/mol. The summed E-state index contributed by atoms with van der Waals surface area (Å²) in [4.78, 5) is 15.4. The van der Waals surface area contributed by atoms with Gasteiger partial charge in [0.1, 0.15) is 0 Å². The molecule has 5 nitrogen and oxygen atoms in total. The van der Waals surface area contributed by atoms with Gasteiger partial charge in [-0.25, -0.2) is 9.67 Å². The van der Waals surface area contributed by atoms with Gasteiger partial charge in [-0.05, 0) is 24.6 Å². The molecule has 1 unspecified atom stereocenters. The molecule has 0 aliphatic carbocycles. The first kappa shape index (κ1) is 13.4. The van der Waals surface area contributed by atoms with Crippen molar-refractivity contribution < 1.29 is 9.53 Å². The molecule has 0 radical (unpaired) electrons. The minimum atomic E-state index is 0.0660. The number of carbonyl (C=O) groups is 1. The summed E-state index contributed by atoms with van der Waals surface area (Å²) in [6.07, 6.45) is 4.25. The number of aromatic nitrogens is 3. The van der Waals surface area contributed by atoms with Crippen molar-refractivity contribution in [2.75, 3.05) is 13.7 Å². The summed E-state index contributed by atoms with van der Waals surface area (Å²) in [5.74, 6) is 0.773. The lowest BCUT2D eigenvalue weighted by Crippen LogP contribution is -2.06. The van der Waals surface area contributed by atoms with E-state index in [2.05, 4.69) is 10.1 Å². The largest absolute Gasteiger partial charge is 0.384 e. The summed E-state index contributed by atoms with van der Waals surface area (Å²) < 4.78 is 6.75. The van der Waals surface area contributed by atoms with Crippen molar-refractivity contribution in [3.8, 4) is 5.82 Å². The van der Waals surface area contributed by atoms with Crippen molar-refractivity contribution in [2.24, 2.45) is 0 Å². The minimum absolute atomic E-state index is 0.0660. The van der Waals surface area contributed by atoms with Gasteiger partial charge in [0.25, 0.3) is 0 Å². The number of hydrogen-bond acceptors (Lipinski definition) is 4. The Bertz CT molecular complexity index is 578. The number of carbonyl (C=O) groups excluding carboxylic acids is 1. The second kappa shape index (κ2) is 5.75. The van der Waals surface area contributed by atoms with Gasteiger partial charge in [0.2, 0.25) is 0 Å². The van der Waals surface area contributed by atoms with Crippen LogP contribution in [0.5, 0.6) is 0 Å². The van der Waals surface area contributed by atoms with Crippen LogP contribution < -0.4 is 0 Å². The molecule has 0 fully saturated rings. The van der Waals surface area contributed by atoms with Crippen molar-refractivity contribution in [1.82, 2.24) is 14.8 Å². The van der Waals surface area contributed by atoms with Gasteiger partial charge >= 0.3 is 0 Å². The molecule has 0 saturated heterocycles. The second-order valence-corrected chi connectivity index (χ2v) is 4.58. The van der Waals surface area contributed by atoms with E-state index in [1.54, 1.807) is 24.2 Å². The summed E-state index contributed by atoms with van der Waals surface area (Å²) in [5, 5.41) is 4.45. The summed E-state index contributed by atoms with van der Waals surface area (Å²) >= 11 is 0. The van der Waals surface area contributed by atoms with Crippen LogP contribution in [0.15, 0.2) is 24.5 Å². The van der Waals surface area contributed by atoms with Crippen LogP contribution in [0.3, 0.4) is 0 Å². The standard InChI is InChI=1S/C14H17N3O2/c1-10-4-5-15-13(6-10)17-7-12(8-18)14(16-17)11(2)9-19-3/h4-8,11H,9H2,1-3H3. The highest BCUT2D eigenvalue weighted by Crippen LogP contribution is 2.19. The van der Waals surface area contributed by atoms with Crippen LogP contribution in [0.1, 0.15) is 34.5 Å².